The maximum absolute atomic E-state index is 14.1. The Morgan fingerprint density at radius 2 is 1.66 bits per heavy atom. The first-order valence-electron chi connectivity index (χ1n) is 10.5. The average molecular weight is 443 g/mol. The normalized spacial score (nSPS) is 19.0. The third kappa shape index (κ3) is 4.14. The number of aromatic nitrogens is 2. The fourth-order valence-corrected chi connectivity index (χ4v) is 4.93. The van der Waals surface area contributed by atoms with Gasteiger partial charge in [-0.3, -0.25) is 4.57 Å². The summed E-state index contributed by atoms with van der Waals surface area (Å²) in [4.78, 5) is 4.81. The van der Waals surface area contributed by atoms with Crippen LogP contribution in [0.25, 0.3) is 17.1 Å². The van der Waals surface area contributed by atoms with Crippen LogP contribution in [0.4, 0.5) is 8.78 Å². The summed E-state index contributed by atoms with van der Waals surface area (Å²) in [5, 5.41) is 11.7. The number of benzene rings is 2. The van der Waals surface area contributed by atoms with Gasteiger partial charge in [0.1, 0.15) is 17.2 Å². The Balaban J connectivity index is 1.93. The van der Waals surface area contributed by atoms with E-state index in [-0.39, 0.29) is 0 Å². The summed E-state index contributed by atoms with van der Waals surface area (Å²) >= 11 is 0. The molecule has 3 aromatic rings. The highest BCUT2D eigenvalue weighted by molar-refractivity contribution is 5.67. The Labute approximate surface area is 186 Å². The van der Waals surface area contributed by atoms with Gasteiger partial charge in [-0.2, -0.15) is 0 Å². The number of rotatable bonds is 4. The zero-order valence-electron chi connectivity index (χ0n) is 18.9. The Bertz CT molecular complexity index is 1140. The van der Waals surface area contributed by atoms with E-state index in [4.69, 9.17) is 14.5 Å². The van der Waals surface area contributed by atoms with Crippen molar-refractivity contribution in [2.24, 2.45) is 0 Å². The van der Waals surface area contributed by atoms with Crippen LogP contribution in [-0.2, 0) is 10.3 Å². The quantitative estimate of drug-likeness (QED) is 0.589. The minimum absolute atomic E-state index is 0.337. The highest BCUT2D eigenvalue weighted by Gasteiger charge is 2.49. The molecule has 1 aliphatic heterocycles. The number of methoxy groups -OCH3 is 1. The predicted molar refractivity (Wildman–Crippen MR) is 118 cm³/mol. The third-order valence-electron chi connectivity index (χ3n) is 5.70. The Morgan fingerprint density at radius 3 is 2.28 bits per heavy atom. The van der Waals surface area contributed by atoms with E-state index < -0.39 is 28.4 Å². The summed E-state index contributed by atoms with van der Waals surface area (Å²) in [6, 6.07) is 11.0. The van der Waals surface area contributed by atoms with Gasteiger partial charge in [-0.05, 0) is 52.0 Å². The van der Waals surface area contributed by atoms with Crippen LogP contribution in [0.1, 0.15) is 46.2 Å². The first-order valence-corrected chi connectivity index (χ1v) is 10.5. The van der Waals surface area contributed by atoms with Crippen LogP contribution in [0.3, 0.4) is 0 Å². The molecule has 170 valence electrons. The molecule has 1 fully saturated rings. The van der Waals surface area contributed by atoms with Crippen LogP contribution < -0.4 is 4.74 Å². The zero-order chi connectivity index (χ0) is 23.3. The van der Waals surface area contributed by atoms with Gasteiger partial charge in [-0.1, -0.05) is 12.1 Å². The maximum atomic E-state index is 14.1. The van der Waals surface area contributed by atoms with Gasteiger partial charge in [0.25, 0.3) is 0 Å². The molecule has 0 spiro atoms. The van der Waals surface area contributed by atoms with Crippen molar-refractivity contribution in [3.63, 3.8) is 0 Å². The molecule has 0 aliphatic carbocycles. The zero-order valence-corrected chi connectivity index (χ0v) is 18.9. The van der Waals surface area contributed by atoms with Crippen molar-refractivity contribution in [1.82, 2.24) is 9.55 Å². The van der Waals surface area contributed by atoms with Crippen molar-refractivity contribution >= 4 is 0 Å². The lowest BCUT2D eigenvalue weighted by Gasteiger charge is -2.49. The van der Waals surface area contributed by atoms with E-state index in [9.17, 15) is 13.9 Å². The highest BCUT2D eigenvalue weighted by atomic mass is 19.2. The molecule has 4 rings (SSSR count). The molecule has 1 saturated heterocycles. The number of nitrogens with zero attached hydrogens (tertiary/aromatic N) is 2. The molecule has 1 N–H and O–H groups in total. The van der Waals surface area contributed by atoms with Gasteiger partial charge in [0.05, 0.1) is 35.3 Å². The lowest BCUT2D eigenvalue weighted by molar-refractivity contribution is -0.224. The smallest absolute Gasteiger partial charge is 0.160 e. The number of hydrogen-bond donors (Lipinski definition) is 1. The fraction of sp³-hybridized carbons (Fsp3) is 0.400. The molecule has 5 nitrogen and oxygen atoms in total. The molecule has 2 heterocycles. The van der Waals surface area contributed by atoms with E-state index in [0.29, 0.717) is 41.4 Å². The maximum Gasteiger partial charge on any atom is 0.160 e. The van der Waals surface area contributed by atoms with E-state index in [2.05, 4.69) is 0 Å². The van der Waals surface area contributed by atoms with Gasteiger partial charge in [-0.25, -0.2) is 13.8 Å². The molecule has 0 amide bonds. The molecule has 0 radical (unpaired) electrons. The second-order valence-electron chi connectivity index (χ2n) is 9.63. The molecular formula is C25H28F2N2O3. The number of imidazole rings is 1. The van der Waals surface area contributed by atoms with Crippen LogP contribution in [0.5, 0.6) is 5.75 Å². The number of hydrogen-bond acceptors (Lipinski definition) is 4. The largest absolute Gasteiger partial charge is 0.496 e. The van der Waals surface area contributed by atoms with Gasteiger partial charge in [0.15, 0.2) is 11.6 Å². The van der Waals surface area contributed by atoms with Crippen molar-refractivity contribution in [2.75, 3.05) is 7.11 Å². The minimum atomic E-state index is -1.27. The summed E-state index contributed by atoms with van der Waals surface area (Å²) < 4.78 is 41.0. The first-order chi connectivity index (χ1) is 14.9. The Morgan fingerprint density at radius 1 is 1.00 bits per heavy atom. The molecule has 0 bridgehead atoms. The third-order valence-corrected chi connectivity index (χ3v) is 5.70. The van der Waals surface area contributed by atoms with Crippen LogP contribution in [0, 0.1) is 11.6 Å². The molecule has 2 aromatic carbocycles. The monoisotopic (exact) mass is 442 g/mol. The molecule has 0 saturated carbocycles. The highest BCUT2D eigenvalue weighted by Crippen LogP contribution is 2.46. The van der Waals surface area contributed by atoms with Crippen LogP contribution in [0.15, 0.2) is 48.7 Å². The van der Waals surface area contributed by atoms with Crippen molar-refractivity contribution in [3.05, 3.63) is 66.0 Å². The fourth-order valence-electron chi connectivity index (χ4n) is 4.93. The van der Waals surface area contributed by atoms with Crippen molar-refractivity contribution < 1.29 is 23.4 Å². The van der Waals surface area contributed by atoms with E-state index in [0.717, 1.165) is 12.1 Å². The topological polar surface area (TPSA) is 56.5 Å². The molecule has 7 heteroatoms. The SMILES string of the molecule is COc1ccccc1-c1nc(C2(O)CC(C)(C)OC(C)(C)C2)cn1-c1ccc(F)c(F)c1. The second-order valence-corrected chi connectivity index (χ2v) is 9.63. The van der Waals surface area contributed by atoms with E-state index in [1.165, 1.54) is 6.07 Å². The Hall–Kier alpha value is -2.77. The molecule has 0 atom stereocenters. The van der Waals surface area contributed by atoms with Crippen molar-refractivity contribution in [2.45, 2.75) is 57.3 Å². The van der Waals surface area contributed by atoms with Crippen LogP contribution >= 0.6 is 0 Å². The van der Waals surface area contributed by atoms with Crippen molar-refractivity contribution in [3.8, 4) is 22.8 Å². The molecule has 1 aromatic heterocycles. The van der Waals surface area contributed by atoms with Crippen LogP contribution in [-0.4, -0.2) is 33.0 Å². The van der Waals surface area contributed by atoms with Crippen LogP contribution in [0.2, 0.25) is 0 Å². The number of ether oxygens (including phenoxy) is 2. The van der Waals surface area contributed by atoms with Crippen molar-refractivity contribution in [1.29, 1.82) is 0 Å². The minimum Gasteiger partial charge on any atom is -0.496 e. The number of aliphatic hydroxyl groups is 1. The average Bonchev–Trinajstić information content (AvgIpc) is 3.13. The molecular weight excluding hydrogens is 414 g/mol. The molecule has 32 heavy (non-hydrogen) atoms. The standard InChI is InChI=1S/C25H28F2N2O3/c1-23(2)14-25(30,15-24(3,4)32-23)21-13-29(16-10-11-18(26)19(27)12-16)22(28-21)17-8-6-7-9-20(17)31-5/h6-13,30H,14-15H2,1-5H3. The van der Waals surface area contributed by atoms with E-state index in [1.807, 2.05) is 45.9 Å². The molecule has 0 unspecified atom stereocenters. The Kier molecular flexibility index (Phi) is 5.38. The number of halogens is 2. The summed E-state index contributed by atoms with van der Waals surface area (Å²) in [6.07, 6.45) is 2.36. The lowest BCUT2D eigenvalue weighted by Crippen LogP contribution is -2.52. The van der Waals surface area contributed by atoms with Gasteiger partial charge in [0.2, 0.25) is 0 Å². The van der Waals surface area contributed by atoms with Gasteiger partial charge < -0.3 is 14.6 Å². The van der Waals surface area contributed by atoms with E-state index in [1.54, 1.807) is 23.9 Å². The summed E-state index contributed by atoms with van der Waals surface area (Å²) in [5.41, 5.74) is -0.934. The lowest BCUT2D eigenvalue weighted by atomic mass is 9.76. The number of para-hydroxylation sites is 1. The van der Waals surface area contributed by atoms with Gasteiger partial charge in [-0.15, -0.1) is 0 Å². The van der Waals surface area contributed by atoms with Gasteiger partial charge >= 0.3 is 0 Å². The summed E-state index contributed by atoms with van der Waals surface area (Å²) in [6.45, 7) is 7.75. The summed E-state index contributed by atoms with van der Waals surface area (Å²) in [7, 11) is 1.56. The predicted octanol–water partition coefficient (Wildman–Crippen LogP) is 5.38. The van der Waals surface area contributed by atoms with E-state index >= 15 is 0 Å². The summed E-state index contributed by atoms with van der Waals surface area (Å²) in [5.74, 6) is -0.859. The first kappa shape index (κ1) is 22.4. The van der Waals surface area contributed by atoms with Gasteiger partial charge in [0, 0.05) is 25.1 Å². The molecule has 1 aliphatic rings. The second kappa shape index (κ2) is 7.67.